The first-order chi connectivity index (χ1) is 17.6. The molecule has 0 spiro atoms. The molecule has 3 heterocycles. The Hall–Kier alpha value is -4.37. The molecule has 2 aromatic carbocycles. The topological polar surface area (TPSA) is 148 Å². The lowest BCUT2D eigenvalue weighted by atomic mass is 10.1. The molecular formula is C25H22FN7O3S. The van der Waals surface area contributed by atoms with E-state index in [-0.39, 0.29) is 22.4 Å². The molecule has 5 rings (SSSR count). The molecule has 0 aliphatic carbocycles. The van der Waals surface area contributed by atoms with Gasteiger partial charge >= 0.3 is 0 Å². The molecule has 1 fully saturated rings. The highest BCUT2D eigenvalue weighted by molar-refractivity contribution is 7.91. The minimum absolute atomic E-state index is 0.0114. The second-order valence-electron chi connectivity index (χ2n) is 8.82. The minimum atomic E-state index is -4.09. The summed E-state index contributed by atoms with van der Waals surface area (Å²) in [6, 6.07) is 12.5. The van der Waals surface area contributed by atoms with Gasteiger partial charge in [-0.15, -0.1) is 0 Å². The van der Waals surface area contributed by atoms with Gasteiger partial charge in [-0.3, -0.25) is 9.36 Å². The Labute approximate surface area is 211 Å². The van der Waals surface area contributed by atoms with Crippen LogP contribution in [0.4, 0.5) is 16.2 Å². The molecule has 0 radical (unpaired) electrons. The van der Waals surface area contributed by atoms with Gasteiger partial charge in [0.2, 0.25) is 5.95 Å². The van der Waals surface area contributed by atoms with Gasteiger partial charge in [0.15, 0.2) is 15.7 Å². The molecule has 4 aromatic rings. The van der Waals surface area contributed by atoms with Crippen LogP contribution in [0.5, 0.6) is 0 Å². The van der Waals surface area contributed by atoms with Crippen LogP contribution in [-0.4, -0.2) is 40.7 Å². The molecule has 12 heteroatoms. The van der Waals surface area contributed by atoms with Crippen molar-refractivity contribution in [3.8, 4) is 11.8 Å². The number of hydrogen-bond donors (Lipinski definition) is 1. The maximum Gasteiger partial charge on any atom is 0.267 e. The van der Waals surface area contributed by atoms with Gasteiger partial charge in [0, 0.05) is 12.8 Å². The zero-order valence-corrected chi connectivity index (χ0v) is 20.8. The Balaban J connectivity index is 1.85. The summed E-state index contributed by atoms with van der Waals surface area (Å²) in [7, 11) is -4.09. The number of rotatable bonds is 4. The van der Waals surface area contributed by atoms with Gasteiger partial charge in [0.1, 0.15) is 28.2 Å². The highest BCUT2D eigenvalue weighted by Crippen LogP contribution is 2.38. The van der Waals surface area contributed by atoms with Crippen LogP contribution in [0, 0.1) is 24.1 Å². The van der Waals surface area contributed by atoms with E-state index < -0.39 is 32.2 Å². The number of nitrogens with zero attached hydrogens (tertiary/aromatic N) is 6. The number of aryl methyl sites for hydroxylation is 1. The van der Waals surface area contributed by atoms with Crippen molar-refractivity contribution in [3.05, 3.63) is 75.7 Å². The average Bonchev–Trinajstić information content (AvgIpc) is 3.33. The van der Waals surface area contributed by atoms with Crippen molar-refractivity contribution in [1.29, 1.82) is 5.26 Å². The fourth-order valence-corrected chi connectivity index (χ4v) is 5.84. The number of para-hydroxylation sites is 1. The third-order valence-electron chi connectivity index (χ3n) is 6.38. The number of fused-ring (bicyclic) bond motifs is 1. The second-order valence-corrected chi connectivity index (χ2v) is 10.8. The molecular weight excluding hydrogens is 497 g/mol. The van der Waals surface area contributed by atoms with E-state index in [4.69, 9.17) is 10.7 Å². The van der Waals surface area contributed by atoms with E-state index >= 15 is 0 Å². The van der Waals surface area contributed by atoms with Crippen LogP contribution in [0.1, 0.15) is 36.0 Å². The third kappa shape index (κ3) is 4.07. The molecule has 1 unspecified atom stereocenters. The molecule has 1 aliphatic heterocycles. The number of nitrogens with two attached hydrogens (primary N) is 1. The van der Waals surface area contributed by atoms with Crippen molar-refractivity contribution in [2.24, 2.45) is 0 Å². The van der Waals surface area contributed by atoms with Crippen molar-refractivity contribution < 1.29 is 12.8 Å². The molecule has 188 valence electrons. The van der Waals surface area contributed by atoms with Crippen molar-refractivity contribution in [2.75, 3.05) is 23.4 Å². The molecule has 1 saturated heterocycles. The van der Waals surface area contributed by atoms with Gasteiger partial charge in [-0.05, 0) is 44.0 Å². The predicted molar refractivity (Wildman–Crippen MR) is 136 cm³/mol. The summed E-state index contributed by atoms with van der Waals surface area (Å²) in [4.78, 5) is 28.3. The van der Waals surface area contributed by atoms with E-state index in [2.05, 4.69) is 16.0 Å². The highest BCUT2D eigenvalue weighted by Gasteiger charge is 2.35. The van der Waals surface area contributed by atoms with Crippen LogP contribution < -0.4 is 16.2 Å². The summed E-state index contributed by atoms with van der Waals surface area (Å²) in [5, 5.41) is 9.48. The molecule has 10 nitrogen and oxygen atoms in total. The molecule has 0 bridgehead atoms. The first kappa shape index (κ1) is 24.3. The lowest BCUT2D eigenvalue weighted by Crippen LogP contribution is -2.33. The number of sulfone groups is 1. The number of nitriles is 1. The Bertz CT molecular complexity index is 1770. The first-order valence-electron chi connectivity index (χ1n) is 11.4. The maximum absolute atomic E-state index is 14.8. The Morgan fingerprint density at radius 1 is 1.14 bits per heavy atom. The van der Waals surface area contributed by atoms with Gasteiger partial charge in [0.05, 0.1) is 28.3 Å². The lowest BCUT2D eigenvalue weighted by molar-refractivity contribution is 0.572. The fraction of sp³-hybridized carbons (Fsp3) is 0.240. The smallest absolute Gasteiger partial charge is 0.267 e. The van der Waals surface area contributed by atoms with Gasteiger partial charge in [-0.25, -0.2) is 22.8 Å². The van der Waals surface area contributed by atoms with Gasteiger partial charge in [-0.1, -0.05) is 18.2 Å². The SMILES string of the molecule is Cc1nc(N)nc(N2CCCC2c2nc3ccc(F)c(S(C)(=O)=O)c3c(=O)n2-c2ccccc2)c1C#N. The van der Waals surface area contributed by atoms with Crippen LogP contribution in [0.25, 0.3) is 16.6 Å². The summed E-state index contributed by atoms with van der Waals surface area (Å²) in [5.41, 5.74) is 6.37. The molecule has 0 amide bonds. The predicted octanol–water partition coefficient (Wildman–Crippen LogP) is 2.82. The first-order valence-corrected chi connectivity index (χ1v) is 13.3. The van der Waals surface area contributed by atoms with Crippen LogP contribution in [0.2, 0.25) is 0 Å². The standard InChI is InChI=1S/C25H22FN7O3S/c1-14-16(13-27)22(31-25(28)29-14)32-12-6-9-19(32)23-30-18-11-10-17(26)21(37(2,35)36)20(18)24(34)33(23)15-7-4-3-5-8-15/h3-5,7-8,10-11,19H,6,9,12H2,1-2H3,(H2,28,29,31). The van der Waals surface area contributed by atoms with Gasteiger partial charge in [-0.2, -0.15) is 10.2 Å². The van der Waals surface area contributed by atoms with Crippen LogP contribution in [-0.2, 0) is 9.84 Å². The number of nitrogen functional groups attached to an aromatic ring is 1. The highest BCUT2D eigenvalue weighted by atomic mass is 32.2. The Morgan fingerprint density at radius 2 is 1.86 bits per heavy atom. The Kier molecular flexibility index (Phi) is 5.88. The van der Waals surface area contributed by atoms with Crippen molar-refractivity contribution >= 4 is 32.5 Å². The summed E-state index contributed by atoms with van der Waals surface area (Å²) in [5.74, 6) is -0.363. The van der Waals surface area contributed by atoms with Crippen molar-refractivity contribution in [2.45, 2.75) is 30.7 Å². The number of anilines is 2. The summed E-state index contributed by atoms with van der Waals surface area (Å²) >= 11 is 0. The average molecular weight is 520 g/mol. The van der Waals surface area contributed by atoms with E-state index in [1.807, 2.05) is 4.90 Å². The number of aromatic nitrogens is 4. The molecule has 2 N–H and O–H groups in total. The molecule has 1 atom stereocenters. The quantitative estimate of drug-likeness (QED) is 0.430. The van der Waals surface area contributed by atoms with E-state index in [1.165, 1.54) is 10.6 Å². The van der Waals surface area contributed by atoms with Crippen molar-refractivity contribution in [1.82, 2.24) is 19.5 Å². The number of halogens is 1. The summed E-state index contributed by atoms with van der Waals surface area (Å²) < 4.78 is 41.1. The van der Waals surface area contributed by atoms with Crippen LogP contribution >= 0.6 is 0 Å². The lowest BCUT2D eigenvalue weighted by Gasteiger charge is -2.28. The zero-order chi connectivity index (χ0) is 26.5. The third-order valence-corrected chi connectivity index (χ3v) is 7.52. The second kappa shape index (κ2) is 8.94. The summed E-state index contributed by atoms with van der Waals surface area (Å²) in [6.07, 6.45) is 2.13. The van der Waals surface area contributed by atoms with E-state index in [0.29, 0.717) is 42.4 Å². The molecule has 1 aliphatic rings. The zero-order valence-electron chi connectivity index (χ0n) is 20.0. The van der Waals surface area contributed by atoms with E-state index in [1.54, 1.807) is 37.3 Å². The van der Waals surface area contributed by atoms with Gasteiger partial charge < -0.3 is 10.6 Å². The maximum atomic E-state index is 14.8. The molecule has 0 saturated carbocycles. The normalized spacial score (nSPS) is 15.7. The van der Waals surface area contributed by atoms with Gasteiger partial charge in [0.25, 0.3) is 5.56 Å². The largest absolute Gasteiger partial charge is 0.368 e. The van der Waals surface area contributed by atoms with Crippen LogP contribution in [0.3, 0.4) is 0 Å². The number of benzene rings is 2. The molecule has 37 heavy (non-hydrogen) atoms. The van der Waals surface area contributed by atoms with E-state index in [0.717, 1.165) is 12.3 Å². The minimum Gasteiger partial charge on any atom is -0.368 e. The van der Waals surface area contributed by atoms with Crippen LogP contribution in [0.15, 0.2) is 52.2 Å². The Morgan fingerprint density at radius 3 is 2.54 bits per heavy atom. The fourth-order valence-electron chi connectivity index (χ4n) is 4.85. The van der Waals surface area contributed by atoms with E-state index in [9.17, 15) is 22.9 Å². The number of hydrogen-bond acceptors (Lipinski definition) is 9. The molecule has 2 aromatic heterocycles. The summed E-state index contributed by atoms with van der Waals surface area (Å²) in [6.45, 7) is 2.18. The monoisotopic (exact) mass is 519 g/mol. The van der Waals surface area contributed by atoms with Crippen molar-refractivity contribution in [3.63, 3.8) is 0 Å².